The van der Waals surface area contributed by atoms with Crippen molar-refractivity contribution >= 4 is 14.3 Å². The highest BCUT2D eigenvalue weighted by atomic mass is 28.4. The summed E-state index contributed by atoms with van der Waals surface area (Å²) in [6.07, 6.45) is 2.44. The first-order valence-electron chi connectivity index (χ1n) is 11.1. The molecule has 0 aliphatic carbocycles. The number of hydrogen-bond donors (Lipinski definition) is 0. The van der Waals surface area contributed by atoms with Gasteiger partial charge in [-0.25, -0.2) is 4.79 Å². The summed E-state index contributed by atoms with van der Waals surface area (Å²) in [5.41, 5.74) is 2.57. The second kappa shape index (κ2) is 8.89. The average molecular weight is 443 g/mol. The predicted octanol–water partition coefficient (Wildman–Crippen LogP) is 6.15. The van der Waals surface area contributed by atoms with Crippen molar-refractivity contribution in [1.29, 1.82) is 0 Å². The van der Waals surface area contributed by atoms with E-state index in [9.17, 15) is 4.79 Å². The zero-order chi connectivity index (χ0) is 22.7. The number of hydrogen-bond acceptors (Lipinski definition) is 3. The van der Waals surface area contributed by atoms with Crippen LogP contribution in [0.15, 0.2) is 104 Å². The molecule has 3 nitrogen and oxygen atoms in total. The van der Waals surface area contributed by atoms with Gasteiger partial charge in [0.05, 0.1) is 11.0 Å². The number of rotatable bonds is 6. The van der Waals surface area contributed by atoms with Crippen LogP contribution >= 0.6 is 0 Å². The maximum absolute atomic E-state index is 11.8. The molecule has 164 valence electrons. The van der Waals surface area contributed by atoms with Gasteiger partial charge in [0.25, 0.3) is 0 Å². The van der Waals surface area contributed by atoms with E-state index in [1.54, 1.807) is 0 Å². The van der Waals surface area contributed by atoms with Crippen molar-refractivity contribution in [2.24, 2.45) is 0 Å². The fourth-order valence-electron chi connectivity index (χ4n) is 5.22. The van der Waals surface area contributed by atoms with Crippen LogP contribution in [0.5, 0.6) is 0 Å². The first kappa shape index (κ1) is 22.2. The molecule has 1 aliphatic heterocycles. The lowest BCUT2D eigenvalue weighted by Gasteiger charge is -2.57. The highest BCUT2D eigenvalue weighted by molar-refractivity contribution is 6.72. The van der Waals surface area contributed by atoms with Crippen LogP contribution in [0, 0.1) is 0 Å². The molecule has 0 saturated carbocycles. The van der Waals surface area contributed by atoms with Crippen molar-refractivity contribution in [3.05, 3.63) is 120 Å². The van der Waals surface area contributed by atoms with Crippen molar-refractivity contribution in [2.75, 3.05) is 6.23 Å². The normalized spacial score (nSPS) is 24.4. The van der Waals surface area contributed by atoms with Gasteiger partial charge >= 0.3 is 5.97 Å². The minimum absolute atomic E-state index is 0.319. The Morgan fingerprint density at radius 3 is 1.88 bits per heavy atom. The molecule has 0 N–H and O–H groups in total. The average Bonchev–Trinajstić information content (AvgIpc) is 2.84. The summed E-state index contributed by atoms with van der Waals surface area (Å²) in [5.74, 6) is -0.397. The van der Waals surface area contributed by atoms with Gasteiger partial charge in [-0.05, 0) is 42.6 Å². The highest BCUT2D eigenvalue weighted by Crippen LogP contribution is 2.57. The van der Waals surface area contributed by atoms with Gasteiger partial charge in [0.15, 0.2) is 0 Å². The molecule has 0 aromatic heterocycles. The van der Waals surface area contributed by atoms with Gasteiger partial charge in [0, 0.05) is 6.08 Å². The summed E-state index contributed by atoms with van der Waals surface area (Å²) < 4.78 is 12.7. The Morgan fingerprint density at radius 1 is 0.938 bits per heavy atom. The minimum atomic E-state index is -2.38. The maximum atomic E-state index is 11.8. The zero-order valence-corrected chi connectivity index (χ0v) is 19.8. The van der Waals surface area contributed by atoms with Crippen molar-refractivity contribution in [1.82, 2.24) is 0 Å². The fourth-order valence-corrected chi connectivity index (χ4v) is 8.15. The lowest BCUT2D eigenvalue weighted by molar-refractivity contribution is -0.137. The van der Waals surface area contributed by atoms with Crippen LogP contribution in [0.4, 0.5) is 0 Å². The molecule has 3 aromatic rings. The highest BCUT2D eigenvalue weighted by Gasteiger charge is 2.59. The van der Waals surface area contributed by atoms with Gasteiger partial charge in [0.1, 0.15) is 6.23 Å². The lowest BCUT2D eigenvalue weighted by Crippen LogP contribution is -2.62. The summed E-state index contributed by atoms with van der Waals surface area (Å²) in [6.45, 7) is 7.91. The Kier molecular flexibility index (Phi) is 6.18. The van der Waals surface area contributed by atoms with Crippen LogP contribution in [-0.2, 0) is 25.0 Å². The Bertz CT molecular complexity index is 1030. The lowest BCUT2D eigenvalue weighted by atomic mass is 9.60. The first-order chi connectivity index (χ1) is 15.4. The molecule has 1 saturated heterocycles. The van der Waals surface area contributed by atoms with E-state index in [-0.39, 0.29) is 5.41 Å². The molecule has 1 fully saturated rings. The molecule has 1 heterocycles. The zero-order valence-electron chi connectivity index (χ0n) is 18.8. The Balaban J connectivity index is 1.91. The van der Waals surface area contributed by atoms with E-state index in [0.29, 0.717) is 6.23 Å². The number of esters is 1. The van der Waals surface area contributed by atoms with Crippen molar-refractivity contribution in [3.8, 4) is 0 Å². The number of ether oxygens (including phenoxy) is 1. The molecular weight excluding hydrogens is 412 g/mol. The fraction of sp³-hybridized carbons (Fsp3) is 0.250. The molecule has 32 heavy (non-hydrogen) atoms. The summed E-state index contributed by atoms with van der Waals surface area (Å²) >= 11 is 0. The van der Waals surface area contributed by atoms with Crippen LogP contribution in [0.25, 0.3) is 0 Å². The standard InChI is InChI=1S/C28H30O3Si/c1-4-26(29)30-22-32(3)21-20-28(24-16-10-6-11-17-24,25-18-12-7-13-19-25)27(2,31-32)23-14-8-5-9-15-23/h4-19H,1,20-22H2,2-3H3. The topological polar surface area (TPSA) is 35.5 Å². The second-order valence-corrected chi connectivity index (χ2v) is 12.8. The van der Waals surface area contributed by atoms with Gasteiger partial charge in [-0.15, -0.1) is 0 Å². The monoisotopic (exact) mass is 442 g/mol. The van der Waals surface area contributed by atoms with Gasteiger partial charge in [-0.1, -0.05) is 97.6 Å². The Hall–Kier alpha value is -2.95. The predicted molar refractivity (Wildman–Crippen MR) is 131 cm³/mol. The Labute approximate surface area is 191 Å². The number of benzene rings is 3. The molecule has 4 rings (SSSR count). The van der Waals surface area contributed by atoms with Gasteiger partial charge in [0.2, 0.25) is 8.32 Å². The summed E-state index contributed by atoms with van der Waals surface area (Å²) in [7, 11) is -2.38. The molecule has 0 amide bonds. The van der Waals surface area contributed by atoms with Crippen LogP contribution < -0.4 is 0 Å². The molecule has 0 spiro atoms. The minimum Gasteiger partial charge on any atom is -0.463 e. The molecule has 2 unspecified atom stereocenters. The van der Waals surface area contributed by atoms with Crippen molar-refractivity contribution in [3.63, 3.8) is 0 Å². The van der Waals surface area contributed by atoms with E-state index in [1.165, 1.54) is 17.2 Å². The van der Waals surface area contributed by atoms with Crippen LogP contribution in [-0.4, -0.2) is 20.5 Å². The molecule has 3 aromatic carbocycles. The maximum Gasteiger partial charge on any atom is 0.329 e. The molecule has 2 atom stereocenters. The summed E-state index contributed by atoms with van der Waals surface area (Å²) in [6, 6.07) is 32.7. The van der Waals surface area contributed by atoms with Crippen molar-refractivity contribution < 1.29 is 14.0 Å². The second-order valence-electron chi connectivity index (χ2n) is 8.90. The third-order valence-electron chi connectivity index (χ3n) is 6.84. The van der Waals surface area contributed by atoms with Gasteiger partial charge in [-0.2, -0.15) is 0 Å². The van der Waals surface area contributed by atoms with E-state index >= 15 is 0 Å². The molecule has 0 radical (unpaired) electrons. The van der Waals surface area contributed by atoms with E-state index < -0.39 is 19.9 Å². The third-order valence-corrected chi connectivity index (χ3v) is 9.80. The number of carbonyl (C=O) groups excluding carboxylic acids is 1. The van der Waals surface area contributed by atoms with E-state index in [4.69, 9.17) is 9.16 Å². The summed E-state index contributed by atoms with van der Waals surface area (Å²) in [5, 5.41) is 0. The SMILES string of the molecule is C=CC(=O)OC[Si]1(C)CCC(c2ccccc2)(c2ccccc2)C(C)(c2ccccc2)O1. The van der Waals surface area contributed by atoms with Gasteiger partial charge < -0.3 is 9.16 Å². The molecule has 1 aliphatic rings. The van der Waals surface area contributed by atoms with Crippen molar-refractivity contribution in [2.45, 2.75) is 37.0 Å². The van der Waals surface area contributed by atoms with E-state index in [2.05, 4.69) is 105 Å². The quantitative estimate of drug-likeness (QED) is 0.261. The third kappa shape index (κ3) is 3.85. The van der Waals surface area contributed by atoms with E-state index in [0.717, 1.165) is 18.0 Å². The summed E-state index contributed by atoms with van der Waals surface area (Å²) in [4.78, 5) is 11.8. The van der Waals surface area contributed by atoms with Gasteiger partial charge in [-0.3, -0.25) is 0 Å². The largest absolute Gasteiger partial charge is 0.463 e. The van der Waals surface area contributed by atoms with Crippen LogP contribution in [0.3, 0.4) is 0 Å². The first-order valence-corrected chi connectivity index (χ1v) is 13.9. The van der Waals surface area contributed by atoms with E-state index in [1.807, 2.05) is 6.07 Å². The Morgan fingerprint density at radius 2 is 1.41 bits per heavy atom. The number of carbonyl (C=O) groups is 1. The molecular formula is C28H30O3Si. The molecule has 0 bridgehead atoms. The van der Waals surface area contributed by atoms with Crippen LogP contribution in [0.2, 0.25) is 12.6 Å². The smallest absolute Gasteiger partial charge is 0.329 e. The molecule has 4 heteroatoms. The van der Waals surface area contributed by atoms with Crippen LogP contribution in [0.1, 0.15) is 30.0 Å².